The zero-order valence-corrected chi connectivity index (χ0v) is 26.7. The third kappa shape index (κ3) is 5.88. The van der Waals surface area contributed by atoms with Crippen molar-refractivity contribution >= 4 is 12.1 Å². The van der Waals surface area contributed by atoms with Crippen molar-refractivity contribution in [2.24, 2.45) is 40.2 Å². The maximum atomic E-state index is 12.7. The zero-order chi connectivity index (χ0) is 30.2. The first kappa shape index (κ1) is 31.3. The summed E-state index contributed by atoms with van der Waals surface area (Å²) in [6, 6.07) is 0. The number of cyclic esters (lactones) is 1. The molecule has 9 nitrogen and oxygen atoms in total. The van der Waals surface area contributed by atoms with Crippen molar-refractivity contribution in [3.63, 3.8) is 0 Å². The Morgan fingerprint density at radius 1 is 1.02 bits per heavy atom. The first-order chi connectivity index (χ1) is 20.7. The first-order valence-corrected chi connectivity index (χ1v) is 17.3. The number of carbonyl (C=O) groups excluding carboxylic acids is 2. The van der Waals surface area contributed by atoms with Crippen LogP contribution in [0, 0.1) is 34.5 Å². The van der Waals surface area contributed by atoms with Gasteiger partial charge in [-0.25, -0.2) is 9.59 Å². The number of alkyl carbamates (subject to hydrolysis) is 1. The summed E-state index contributed by atoms with van der Waals surface area (Å²) < 4.78 is 11.2. The van der Waals surface area contributed by atoms with Crippen molar-refractivity contribution in [3.8, 4) is 0 Å². The lowest BCUT2D eigenvalue weighted by molar-refractivity contribution is -0.208. The molecule has 4 aliphatic carbocycles. The predicted octanol–water partition coefficient (Wildman–Crippen LogP) is 3.69. The highest BCUT2D eigenvalue weighted by atomic mass is 16.6. The lowest BCUT2D eigenvalue weighted by Gasteiger charge is -2.63. The van der Waals surface area contributed by atoms with Crippen LogP contribution in [-0.4, -0.2) is 97.6 Å². The van der Waals surface area contributed by atoms with Crippen LogP contribution in [0.1, 0.15) is 84.5 Å². The van der Waals surface area contributed by atoms with Crippen molar-refractivity contribution in [1.82, 2.24) is 15.1 Å². The monoisotopic (exact) mass is 600 g/mol. The van der Waals surface area contributed by atoms with E-state index in [1.165, 1.54) is 0 Å². The third-order valence-electron chi connectivity index (χ3n) is 13.3. The molecule has 0 aromatic heterocycles. The lowest BCUT2D eigenvalue weighted by Crippen LogP contribution is -2.62. The van der Waals surface area contributed by atoms with Crippen molar-refractivity contribution in [1.29, 1.82) is 0 Å². The Hall–Kier alpha value is -1.68. The van der Waals surface area contributed by atoms with E-state index in [0.29, 0.717) is 30.9 Å². The van der Waals surface area contributed by atoms with Gasteiger partial charge in [-0.3, -0.25) is 0 Å². The average molecular weight is 601 g/mol. The number of ether oxygens (including phenoxy) is 2. The summed E-state index contributed by atoms with van der Waals surface area (Å²) in [6.07, 6.45) is 12.3. The Morgan fingerprint density at radius 2 is 1.77 bits per heavy atom. The molecule has 1 amide bonds. The van der Waals surface area contributed by atoms with E-state index in [1.807, 2.05) is 0 Å². The fourth-order valence-electron chi connectivity index (χ4n) is 10.7. The number of aliphatic hydroxyl groups is 1. The largest absolute Gasteiger partial charge is 0.458 e. The molecule has 2 aliphatic heterocycles. The number of fused-ring (bicyclic) bond motifs is 5. The number of nitrogens with one attached hydrogen (secondary N) is 1. The zero-order valence-electron chi connectivity index (χ0n) is 26.7. The number of nitrogens with zero attached hydrogens (tertiary/aromatic N) is 2. The summed E-state index contributed by atoms with van der Waals surface area (Å²) >= 11 is 0. The molecule has 5 fully saturated rings. The van der Waals surface area contributed by atoms with Gasteiger partial charge in [0.2, 0.25) is 0 Å². The highest BCUT2D eigenvalue weighted by Gasteiger charge is 2.67. The molecule has 8 atom stereocenters. The number of hydrogen-bond acceptors (Lipinski definition) is 8. The van der Waals surface area contributed by atoms with Crippen LogP contribution in [0.3, 0.4) is 0 Å². The number of hydrogen-bond donors (Lipinski definition) is 3. The van der Waals surface area contributed by atoms with Gasteiger partial charge in [-0.1, -0.05) is 13.8 Å². The standard InChI is InChI=1S/C34H56N4O5/c1-32-10-7-26(43-31(40)36-14-4-16-38-19-17-37(18-20-38)15-3-13-35)22-25(32)5-6-29-28(32)8-11-33(2)27(9-12-34(29,33)41)24-21-30(39)42-23-24/h21,25-29,41H,3-20,22-23,35H2,1-2H3,(H,36,40)/t25?,26?,27-,28+,29-,32?,33?,34?/m1/s1. The minimum absolute atomic E-state index is 0.0177. The van der Waals surface area contributed by atoms with Crippen LogP contribution in [-0.2, 0) is 14.3 Å². The van der Waals surface area contributed by atoms with E-state index in [1.54, 1.807) is 6.08 Å². The van der Waals surface area contributed by atoms with Crippen molar-refractivity contribution in [2.75, 3.05) is 59.0 Å². The van der Waals surface area contributed by atoms with Gasteiger partial charge in [0.05, 0.1) is 5.60 Å². The molecule has 6 aliphatic rings. The molecule has 9 heteroatoms. The number of esters is 1. The topological polar surface area (TPSA) is 117 Å². The van der Waals surface area contributed by atoms with E-state index in [0.717, 1.165) is 122 Å². The van der Waals surface area contributed by atoms with E-state index in [-0.39, 0.29) is 34.9 Å². The van der Waals surface area contributed by atoms with E-state index < -0.39 is 5.60 Å². The summed E-state index contributed by atoms with van der Waals surface area (Å²) in [6.45, 7) is 13.0. The normalized spacial score (nSPS) is 41.5. The third-order valence-corrected chi connectivity index (χ3v) is 13.3. The quantitative estimate of drug-likeness (QED) is 0.271. The minimum Gasteiger partial charge on any atom is -0.458 e. The second-order valence-corrected chi connectivity index (χ2v) is 15.2. The van der Waals surface area contributed by atoms with Gasteiger partial charge in [0.1, 0.15) is 12.7 Å². The summed E-state index contributed by atoms with van der Waals surface area (Å²) in [7, 11) is 0. The van der Waals surface area contributed by atoms with Gasteiger partial charge >= 0.3 is 12.1 Å². The summed E-state index contributed by atoms with van der Waals surface area (Å²) in [5.41, 5.74) is 6.02. The molecule has 5 unspecified atom stereocenters. The van der Waals surface area contributed by atoms with E-state index >= 15 is 0 Å². The minimum atomic E-state index is -0.688. The van der Waals surface area contributed by atoms with Gasteiger partial charge in [-0.05, 0) is 125 Å². The molecular formula is C34H56N4O5. The Balaban J connectivity index is 0.963. The molecule has 1 saturated heterocycles. The van der Waals surface area contributed by atoms with Gasteiger partial charge < -0.3 is 35.4 Å². The maximum absolute atomic E-state index is 12.7. The molecule has 4 N–H and O–H groups in total. The molecular weight excluding hydrogens is 544 g/mol. The van der Waals surface area contributed by atoms with Crippen LogP contribution in [0.4, 0.5) is 4.79 Å². The Morgan fingerprint density at radius 3 is 2.47 bits per heavy atom. The highest BCUT2D eigenvalue weighted by molar-refractivity contribution is 5.85. The Labute approximate surface area is 258 Å². The smallest absolute Gasteiger partial charge is 0.407 e. The molecule has 0 aromatic rings. The van der Waals surface area contributed by atoms with Crippen molar-refractivity contribution in [3.05, 3.63) is 11.6 Å². The van der Waals surface area contributed by atoms with Crippen molar-refractivity contribution in [2.45, 2.75) is 96.2 Å². The molecule has 0 aromatic carbocycles. The molecule has 0 spiro atoms. The summed E-state index contributed by atoms with van der Waals surface area (Å²) in [4.78, 5) is 29.5. The number of carbonyl (C=O) groups is 2. The van der Waals surface area contributed by atoms with E-state index in [9.17, 15) is 14.7 Å². The molecule has 4 saturated carbocycles. The summed E-state index contributed by atoms with van der Waals surface area (Å²) in [5.74, 6) is 1.32. The number of piperazine rings is 1. The number of amides is 1. The molecule has 0 radical (unpaired) electrons. The SMILES string of the molecule is CC12CCC(OC(=O)NCCCN3CCN(CCCN)CC3)CC1CC[C@@H]1[C@@H]2CCC2(C)[C@@H](C3=CC(=O)OC3)CCC12O. The predicted molar refractivity (Wildman–Crippen MR) is 165 cm³/mol. The maximum Gasteiger partial charge on any atom is 0.407 e. The van der Waals surface area contributed by atoms with Gasteiger partial charge in [0.15, 0.2) is 0 Å². The Kier molecular flexibility index (Phi) is 9.18. The van der Waals surface area contributed by atoms with Crippen LogP contribution in [0.5, 0.6) is 0 Å². The van der Waals surface area contributed by atoms with Crippen molar-refractivity contribution < 1.29 is 24.2 Å². The molecule has 43 heavy (non-hydrogen) atoms. The average Bonchev–Trinajstić information content (AvgIpc) is 3.54. The first-order valence-electron chi connectivity index (χ1n) is 17.3. The Bertz CT molecular complexity index is 1060. The molecule has 2 heterocycles. The van der Waals surface area contributed by atoms with Crippen LogP contribution in [0.15, 0.2) is 11.6 Å². The van der Waals surface area contributed by atoms with Gasteiger partial charge in [-0.2, -0.15) is 0 Å². The van der Waals surface area contributed by atoms with Crippen LogP contribution < -0.4 is 11.1 Å². The second kappa shape index (κ2) is 12.6. The highest BCUT2D eigenvalue weighted by Crippen LogP contribution is 2.70. The van der Waals surface area contributed by atoms with Crippen LogP contribution >= 0.6 is 0 Å². The summed E-state index contributed by atoms with van der Waals surface area (Å²) in [5, 5.41) is 15.4. The lowest BCUT2D eigenvalue weighted by atomic mass is 9.43. The van der Waals surface area contributed by atoms with Gasteiger partial charge in [0.25, 0.3) is 0 Å². The van der Waals surface area contributed by atoms with Gasteiger partial charge in [-0.15, -0.1) is 0 Å². The second-order valence-electron chi connectivity index (χ2n) is 15.2. The molecule has 0 bridgehead atoms. The number of nitrogens with two attached hydrogens (primary N) is 1. The molecule has 242 valence electrons. The molecule has 6 rings (SSSR count). The van der Waals surface area contributed by atoms with E-state index in [2.05, 4.69) is 29.0 Å². The van der Waals surface area contributed by atoms with Crippen LogP contribution in [0.25, 0.3) is 0 Å². The van der Waals surface area contributed by atoms with Gasteiger partial charge in [0, 0.05) is 44.2 Å². The van der Waals surface area contributed by atoms with E-state index in [4.69, 9.17) is 15.2 Å². The van der Waals surface area contributed by atoms with Crippen LogP contribution in [0.2, 0.25) is 0 Å². The fourth-order valence-corrected chi connectivity index (χ4v) is 10.7. The number of rotatable bonds is 9. The fraction of sp³-hybridized carbons (Fsp3) is 0.882.